The molecule has 1 fully saturated rings. The van der Waals surface area contributed by atoms with Gasteiger partial charge in [-0.3, -0.25) is 4.79 Å². The van der Waals surface area contributed by atoms with Crippen LogP contribution in [0.15, 0.2) is 28.8 Å². The third-order valence-electron chi connectivity index (χ3n) is 3.76. The van der Waals surface area contributed by atoms with Crippen molar-refractivity contribution in [1.82, 2.24) is 15.8 Å². The van der Waals surface area contributed by atoms with Crippen LogP contribution in [0.5, 0.6) is 0 Å². The predicted octanol–water partition coefficient (Wildman–Crippen LogP) is 1.63. The highest BCUT2D eigenvalue weighted by molar-refractivity contribution is 5.86. The molecule has 20 heavy (non-hydrogen) atoms. The highest BCUT2D eigenvalue weighted by atomic mass is 16.5. The Balaban J connectivity index is 1.50. The van der Waals surface area contributed by atoms with Gasteiger partial charge < -0.3 is 15.2 Å². The molecule has 0 radical (unpaired) electrons. The lowest BCUT2D eigenvalue weighted by Gasteiger charge is -2.10. The zero-order valence-electron chi connectivity index (χ0n) is 11.4. The monoisotopic (exact) mass is 273 g/mol. The molecule has 106 valence electrons. The molecule has 1 amide bonds. The number of hydrogen-bond donors (Lipinski definition) is 2. The van der Waals surface area contributed by atoms with Crippen LogP contribution in [0, 0.1) is 0 Å². The van der Waals surface area contributed by atoms with Crippen LogP contribution in [0.1, 0.15) is 25.0 Å². The van der Waals surface area contributed by atoms with E-state index in [4.69, 9.17) is 4.52 Å². The molecular weight excluding hydrogens is 254 g/mol. The molecule has 2 heterocycles. The predicted molar refractivity (Wildman–Crippen MR) is 76.4 cm³/mol. The second-order valence-electron chi connectivity index (χ2n) is 5.23. The van der Waals surface area contributed by atoms with Gasteiger partial charge >= 0.3 is 0 Å². The molecule has 0 spiro atoms. The molecule has 0 unspecified atom stereocenters. The van der Waals surface area contributed by atoms with Crippen molar-refractivity contribution in [3.05, 3.63) is 30.0 Å². The van der Waals surface area contributed by atoms with Crippen LogP contribution in [0.25, 0.3) is 11.0 Å². The van der Waals surface area contributed by atoms with Gasteiger partial charge in [0.15, 0.2) is 5.58 Å². The molecule has 1 aromatic heterocycles. The van der Waals surface area contributed by atoms with E-state index < -0.39 is 0 Å². The number of nitrogens with one attached hydrogen (secondary N) is 2. The molecule has 1 aromatic carbocycles. The van der Waals surface area contributed by atoms with Crippen molar-refractivity contribution >= 4 is 16.9 Å². The van der Waals surface area contributed by atoms with E-state index in [1.165, 1.54) is 12.8 Å². The maximum Gasteiger partial charge on any atom is 0.226 e. The zero-order valence-corrected chi connectivity index (χ0v) is 11.4. The summed E-state index contributed by atoms with van der Waals surface area (Å²) < 4.78 is 5.20. The molecule has 2 aromatic rings. The van der Waals surface area contributed by atoms with Gasteiger partial charge in [0.1, 0.15) is 5.69 Å². The van der Waals surface area contributed by atoms with Crippen LogP contribution >= 0.6 is 0 Å². The van der Waals surface area contributed by atoms with Gasteiger partial charge in [0.25, 0.3) is 0 Å². The van der Waals surface area contributed by atoms with Crippen molar-refractivity contribution in [2.75, 3.05) is 13.1 Å². The first-order valence-corrected chi connectivity index (χ1v) is 7.16. The van der Waals surface area contributed by atoms with E-state index >= 15 is 0 Å². The number of hydrogen-bond acceptors (Lipinski definition) is 4. The summed E-state index contributed by atoms with van der Waals surface area (Å²) in [5.74, 6) is 0.00190. The quantitative estimate of drug-likeness (QED) is 0.869. The van der Waals surface area contributed by atoms with E-state index in [2.05, 4.69) is 15.8 Å². The summed E-state index contributed by atoms with van der Waals surface area (Å²) in [6, 6.07) is 8.16. The average molecular weight is 273 g/mol. The molecular formula is C15H19N3O2. The molecule has 0 aliphatic carbocycles. The lowest BCUT2D eigenvalue weighted by atomic mass is 10.1. The number of carbonyl (C=O) groups excluding carboxylic acids is 1. The molecule has 5 nitrogen and oxygen atoms in total. The average Bonchev–Trinajstić information content (AvgIpc) is 3.09. The second kappa shape index (κ2) is 6.05. The van der Waals surface area contributed by atoms with Crippen molar-refractivity contribution in [2.24, 2.45) is 0 Å². The van der Waals surface area contributed by atoms with Crippen LogP contribution < -0.4 is 10.6 Å². The standard InChI is InChI=1S/C15H19N3O2/c19-15(17-9-7-11-4-3-8-16-11)10-13-12-5-1-2-6-14(12)20-18-13/h1-2,5-6,11,16H,3-4,7-10H2,(H,17,19)/t11-/m1/s1. The van der Waals surface area contributed by atoms with Crippen molar-refractivity contribution in [3.63, 3.8) is 0 Å². The Hall–Kier alpha value is -1.88. The maximum atomic E-state index is 11.9. The van der Waals surface area contributed by atoms with E-state index in [1.807, 2.05) is 24.3 Å². The number of carbonyl (C=O) groups is 1. The third kappa shape index (κ3) is 2.99. The Morgan fingerprint density at radius 2 is 2.35 bits per heavy atom. The molecule has 1 saturated heterocycles. The SMILES string of the molecule is O=C(Cc1noc2ccccc12)NCC[C@H]1CCCN1. The minimum Gasteiger partial charge on any atom is -0.356 e. The van der Waals surface area contributed by atoms with Crippen LogP contribution in [0.4, 0.5) is 0 Å². The first-order chi connectivity index (χ1) is 9.83. The van der Waals surface area contributed by atoms with Crippen molar-refractivity contribution in [2.45, 2.75) is 31.7 Å². The van der Waals surface area contributed by atoms with Crippen molar-refractivity contribution < 1.29 is 9.32 Å². The lowest BCUT2D eigenvalue weighted by Crippen LogP contribution is -2.31. The highest BCUT2D eigenvalue weighted by Crippen LogP contribution is 2.17. The number of para-hydroxylation sites is 1. The van der Waals surface area contributed by atoms with Gasteiger partial charge in [-0.05, 0) is 37.9 Å². The Bertz CT molecular complexity index is 588. The Morgan fingerprint density at radius 3 is 3.20 bits per heavy atom. The van der Waals surface area contributed by atoms with Crippen molar-refractivity contribution in [3.8, 4) is 0 Å². The topological polar surface area (TPSA) is 67.2 Å². The van der Waals surface area contributed by atoms with Crippen LogP contribution in [0.2, 0.25) is 0 Å². The summed E-state index contributed by atoms with van der Waals surface area (Å²) >= 11 is 0. The van der Waals surface area contributed by atoms with Gasteiger partial charge in [0.05, 0.1) is 6.42 Å². The third-order valence-corrected chi connectivity index (χ3v) is 3.76. The summed E-state index contributed by atoms with van der Waals surface area (Å²) in [6.45, 7) is 1.82. The lowest BCUT2D eigenvalue weighted by molar-refractivity contribution is -0.120. The van der Waals surface area contributed by atoms with Gasteiger partial charge in [-0.15, -0.1) is 0 Å². The fraction of sp³-hybridized carbons (Fsp3) is 0.467. The summed E-state index contributed by atoms with van der Waals surface area (Å²) in [7, 11) is 0. The smallest absolute Gasteiger partial charge is 0.226 e. The van der Waals surface area contributed by atoms with Crippen LogP contribution in [-0.2, 0) is 11.2 Å². The Kier molecular flexibility index (Phi) is 3.97. The van der Waals surface area contributed by atoms with Gasteiger partial charge in [0.2, 0.25) is 5.91 Å². The summed E-state index contributed by atoms with van der Waals surface area (Å²) in [5.41, 5.74) is 1.43. The molecule has 3 rings (SSSR count). The van der Waals surface area contributed by atoms with Gasteiger partial charge in [-0.2, -0.15) is 0 Å². The van der Waals surface area contributed by atoms with Gasteiger partial charge in [-0.25, -0.2) is 0 Å². The maximum absolute atomic E-state index is 11.9. The van der Waals surface area contributed by atoms with Crippen LogP contribution in [-0.4, -0.2) is 30.2 Å². The van der Waals surface area contributed by atoms with E-state index in [-0.39, 0.29) is 12.3 Å². The minimum absolute atomic E-state index is 0.00190. The summed E-state index contributed by atoms with van der Waals surface area (Å²) in [6.07, 6.45) is 3.72. The first kappa shape index (κ1) is 13.1. The largest absolute Gasteiger partial charge is 0.356 e. The zero-order chi connectivity index (χ0) is 13.8. The molecule has 1 aliphatic rings. The number of fused-ring (bicyclic) bond motifs is 1. The van der Waals surface area contributed by atoms with E-state index in [0.29, 0.717) is 18.3 Å². The van der Waals surface area contributed by atoms with Gasteiger partial charge in [-0.1, -0.05) is 17.3 Å². The highest BCUT2D eigenvalue weighted by Gasteiger charge is 2.15. The summed E-state index contributed by atoms with van der Waals surface area (Å²) in [5, 5.41) is 11.3. The molecule has 0 saturated carbocycles. The van der Waals surface area contributed by atoms with E-state index in [9.17, 15) is 4.79 Å². The van der Waals surface area contributed by atoms with E-state index in [1.54, 1.807) is 0 Å². The molecule has 5 heteroatoms. The molecule has 2 N–H and O–H groups in total. The number of amides is 1. The number of aromatic nitrogens is 1. The number of benzene rings is 1. The minimum atomic E-state index is 0.00190. The fourth-order valence-corrected chi connectivity index (χ4v) is 2.67. The number of nitrogens with zero attached hydrogens (tertiary/aromatic N) is 1. The van der Waals surface area contributed by atoms with Crippen LogP contribution in [0.3, 0.4) is 0 Å². The van der Waals surface area contributed by atoms with E-state index in [0.717, 1.165) is 23.9 Å². The molecule has 1 aliphatic heterocycles. The fourth-order valence-electron chi connectivity index (χ4n) is 2.67. The van der Waals surface area contributed by atoms with Gasteiger partial charge in [0, 0.05) is 18.0 Å². The normalized spacial score (nSPS) is 18.5. The molecule has 0 bridgehead atoms. The Morgan fingerprint density at radius 1 is 1.45 bits per heavy atom. The molecule has 1 atom stereocenters. The second-order valence-corrected chi connectivity index (χ2v) is 5.23. The van der Waals surface area contributed by atoms with Crippen molar-refractivity contribution in [1.29, 1.82) is 0 Å². The summed E-state index contributed by atoms with van der Waals surface area (Å²) in [4.78, 5) is 11.9. The first-order valence-electron chi connectivity index (χ1n) is 7.16. The number of rotatable bonds is 5. The Labute approximate surface area is 117 Å².